The molecule has 1 atom stereocenters. The summed E-state index contributed by atoms with van der Waals surface area (Å²) in [5.41, 5.74) is 4.39. The van der Waals surface area contributed by atoms with Crippen LogP contribution in [-0.4, -0.2) is 52.2 Å². The zero-order valence-corrected chi connectivity index (χ0v) is 21.0. The molecule has 9 nitrogen and oxygen atoms in total. The standard InChI is InChI=1S/C26H27N7O2.ClH/c1-3-17-4-6-20(12-28-17)35-22-7-5-18(10-16(22)2)31-25-24-21(29-15-30-25)11-23-26(32-24)33-9-8-27-19(13-33)14-34-23;/h4-7,10-12,15,19,27H,3,8-9,13-14H2,1-2H3,(H,29,30,31);1H. The van der Waals surface area contributed by atoms with Crippen molar-refractivity contribution in [3.8, 4) is 17.2 Å². The average Bonchev–Trinajstić information content (AvgIpc) is 3.00. The quantitative estimate of drug-likeness (QED) is 0.408. The molecular weight excluding hydrogens is 478 g/mol. The minimum absolute atomic E-state index is 0. The van der Waals surface area contributed by atoms with Crippen LogP contribution in [0, 0.1) is 6.92 Å². The fourth-order valence-electron chi connectivity index (χ4n) is 4.49. The van der Waals surface area contributed by atoms with Gasteiger partial charge in [0.1, 0.15) is 29.9 Å². The Morgan fingerprint density at radius 3 is 2.89 bits per heavy atom. The topological polar surface area (TPSA) is 97.3 Å². The number of aryl methyl sites for hydroxylation is 2. The highest BCUT2D eigenvalue weighted by Crippen LogP contribution is 2.35. The van der Waals surface area contributed by atoms with Crippen molar-refractivity contribution in [1.29, 1.82) is 0 Å². The van der Waals surface area contributed by atoms with Crippen LogP contribution >= 0.6 is 12.4 Å². The molecule has 186 valence electrons. The number of hydrogen-bond acceptors (Lipinski definition) is 9. The van der Waals surface area contributed by atoms with Crippen molar-refractivity contribution in [2.75, 3.05) is 36.5 Å². The molecule has 1 aromatic carbocycles. The largest absolute Gasteiger partial charge is 0.488 e. The first kappa shape index (κ1) is 24.0. The van der Waals surface area contributed by atoms with Crippen molar-refractivity contribution in [2.24, 2.45) is 0 Å². The highest BCUT2D eigenvalue weighted by atomic mass is 35.5. The number of pyridine rings is 2. The summed E-state index contributed by atoms with van der Waals surface area (Å²) >= 11 is 0. The predicted octanol–water partition coefficient (Wildman–Crippen LogP) is 4.42. The molecular formula is C26H28ClN7O2. The van der Waals surface area contributed by atoms with Crippen molar-refractivity contribution in [3.05, 3.63) is 60.2 Å². The zero-order valence-electron chi connectivity index (χ0n) is 20.2. The second kappa shape index (κ2) is 10.1. The highest BCUT2D eigenvalue weighted by Gasteiger charge is 2.28. The monoisotopic (exact) mass is 505 g/mol. The third kappa shape index (κ3) is 4.72. The first-order chi connectivity index (χ1) is 17.2. The Bertz CT molecular complexity index is 1380. The molecule has 2 bridgehead atoms. The Morgan fingerprint density at radius 1 is 1.17 bits per heavy atom. The van der Waals surface area contributed by atoms with Gasteiger partial charge >= 0.3 is 0 Å². The van der Waals surface area contributed by atoms with Crippen LogP contribution < -0.4 is 25.0 Å². The number of rotatable bonds is 5. The number of hydrogen-bond donors (Lipinski definition) is 2. The summed E-state index contributed by atoms with van der Waals surface area (Å²) in [6.45, 7) is 7.40. The number of fused-ring (bicyclic) bond motifs is 5. The molecule has 0 spiro atoms. The Balaban J connectivity index is 0.00000267. The van der Waals surface area contributed by atoms with Gasteiger partial charge < -0.3 is 25.0 Å². The maximum atomic E-state index is 6.05. The molecule has 1 saturated heterocycles. The van der Waals surface area contributed by atoms with Crippen LogP contribution in [0.4, 0.5) is 17.3 Å². The Labute approximate surface area is 215 Å². The van der Waals surface area contributed by atoms with Crippen molar-refractivity contribution in [2.45, 2.75) is 26.3 Å². The smallest absolute Gasteiger partial charge is 0.172 e. The normalized spacial score (nSPS) is 16.4. The van der Waals surface area contributed by atoms with Crippen molar-refractivity contribution in [1.82, 2.24) is 25.3 Å². The Kier molecular flexibility index (Phi) is 6.75. The van der Waals surface area contributed by atoms with E-state index in [1.165, 1.54) is 0 Å². The van der Waals surface area contributed by atoms with Gasteiger partial charge in [-0.25, -0.2) is 15.0 Å². The first-order valence-corrected chi connectivity index (χ1v) is 11.9. The lowest BCUT2D eigenvalue weighted by atomic mass is 10.2. The molecule has 0 saturated carbocycles. The van der Waals surface area contributed by atoms with Gasteiger partial charge in [-0.2, -0.15) is 0 Å². The molecule has 0 radical (unpaired) electrons. The van der Waals surface area contributed by atoms with Crippen LogP contribution in [-0.2, 0) is 6.42 Å². The van der Waals surface area contributed by atoms with Gasteiger partial charge in [0, 0.05) is 37.1 Å². The fraction of sp³-hybridized carbons (Fsp3) is 0.308. The number of ether oxygens (including phenoxy) is 2. The number of nitrogens with zero attached hydrogens (tertiary/aromatic N) is 5. The van der Waals surface area contributed by atoms with Crippen LogP contribution in [0.2, 0.25) is 0 Å². The van der Waals surface area contributed by atoms with Crippen molar-refractivity contribution >= 4 is 40.8 Å². The molecule has 0 aliphatic carbocycles. The maximum Gasteiger partial charge on any atom is 0.172 e. The van der Waals surface area contributed by atoms with Crippen LogP contribution in [0.25, 0.3) is 11.0 Å². The Hall–Kier alpha value is -3.69. The summed E-state index contributed by atoms with van der Waals surface area (Å²) in [5.74, 6) is 3.77. The molecule has 10 heteroatoms. The van der Waals surface area contributed by atoms with Gasteiger partial charge in [0.05, 0.1) is 17.8 Å². The summed E-state index contributed by atoms with van der Waals surface area (Å²) in [6, 6.07) is 12.1. The second-order valence-corrected chi connectivity index (χ2v) is 8.85. The number of halogens is 1. The molecule has 2 aliphatic heterocycles. The number of nitrogens with one attached hydrogen (secondary N) is 2. The van der Waals surface area contributed by atoms with Gasteiger partial charge in [-0.05, 0) is 49.2 Å². The lowest BCUT2D eigenvalue weighted by molar-refractivity contribution is 0.271. The van der Waals surface area contributed by atoms with Gasteiger partial charge in [0.15, 0.2) is 17.4 Å². The molecule has 2 N–H and O–H groups in total. The molecule has 4 aromatic rings. The van der Waals surface area contributed by atoms with Gasteiger partial charge in [0.25, 0.3) is 0 Å². The molecule has 3 aromatic heterocycles. The predicted molar refractivity (Wildman–Crippen MR) is 142 cm³/mol. The third-order valence-electron chi connectivity index (χ3n) is 6.38. The van der Waals surface area contributed by atoms with E-state index in [9.17, 15) is 0 Å². The summed E-state index contributed by atoms with van der Waals surface area (Å²) in [4.78, 5) is 20.6. The van der Waals surface area contributed by atoms with Crippen LogP contribution in [0.5, 0.6) is 17.2 Å². The number of piperazine rings is 1. The van der Waals surface area contributed by atoms with Gasteiger partial charge in [-0.3, -0.25) is 4.98 Å². The lowest BCUT2D eigenvalue weighted by Crippen LogP contribution is -2.51. The van der Waals surface area contributed by atoms with Crippen LogP contribution in [0.15, 0.2) is 48.9 Å². The molecule has 0 amide bonds. The second-order valence-electron chi connectivity index (χ2n) is 8.85. The van der Waals surface area contributed by atoms with E-state index in [0.717, 1.165) is 71.6 Å². The summed E-state index contributed by atoms with van der Waals surface area (Å²) < 4.78 is 12.1. The van der Waals surface area contributed by atoms with Crippen LogP contribution in [0.1, 0.15) is 18.2 Å². The summed E-state index contributed by atoms with van der Waals surface area (Å²) in [6.07, 6.45) is 4.21. The zero-order chi connectivity index (χ0) is 23.8. The average molecular weight is 506 g/mol. The molecule has 1 unspecified atom stereocenters. The van der Waals surface area contributed by atoms with Gasteiger partial charge in [0.2, 0.25) is 0 Å². The molecule has 36 heavy (non-hydrogen) atoms. The van der Waals surface area contributed by atoms with Gasteiger partial charge in [-0.1, -0.05) is 6.92 Å². The van der Waals surface area contributed by atoms with E-state index < -0.39 is 0 Å². The highest BCUT2D eigenvalue weighted by molar-refractivity contribution is 5.90. The fourth-order valence-corrected chi connectivity index (χ4v) is 4.49. The minimum Gasteiger partial charge on any atom is -0.488 e. The van der Waals surface area contributed by atoms with E-state index in [4.69, 9.17) is 14.5 Å². The van der Waals surface area contributed by atoms with Crippen molar-refractivity contribution < 1.29 is 9.47 Å². The molecule has 1 fully saturated rings. The number of aromatic nitrogens is 4. The van der Waals surface area contributed by atoms with E-state index >= 15 is 0 Å². The molecule has 2 aliphatic rings. The van der Waals surface area contributed by atoms with E-state index in [1.807, 2.05) is 43.3 Å². The molecule has 6 rings (SSSR count). The summed E-state index contributed by atoms with van der Waals surface area (Å²) in [5, 5.41) is 6.91. The first-order valence-electron chi connectivity index (χ1n) is 11.9. The number of anilines is 3. The van der Waals surface area contributed by atoms with E-state index in [-0.39, 0.29) is 12.4 Å². The lowest BCUT2D eigenvalue weighted by Gasteiger charge is -2.31. The third-order valence-corrected chi connectivity index (χ3v) is 6.38. The molecule has 5 heterocycles. The Morgan fingerprint density at radius 2 is 2.08 bits per heavy atom. The van der Waals surface area contributed by atoms with E-state index in [1.54, 1.807) is 12.5 Å². The summed E-state index contributed by atoms with van der Waals surface area (Å²) in [7, 11) is 0. The van der Waals surface area contributed by atoms with Crippen molar-refractivity contribution in [3.63, 3.8) is 0 Å². The minimum atomic E-state index is 0. The van der Waals surface area contributed by atoms with E-state index in [2.05, 4.69) is 37.4 Å². The van der Waals surface area contributed by atoms with Crippen LogP contribution in [0.3, 0.4) is 0 Å². The van der Waals surface area contributed by atoms with Gasteiger partial charge in [-0.15, -0.1) is 12.4 Å². The SMILES string of the molecule is CCc1ccc(Oc2ccc(Nc3ncnc4cc5c(nc34)N3CCNC(CO5)C3)cc2C)cn1.Cl. The number of benzene rings is 1. The van der Waals surface area contributed by atoms with E-state index in [0.29, 0.717) is 24.0 Å². The maximum absolute atomic E-state index is 6.05.